The molecule has 2 aromatic heterocycles. The molecule has 1 aliphatic heterocycles. The zero-order valence-corrected chi connectivity index (χ0v) is 16.3. The third kappa shape index (κ3) is 4.22. The van der Waals surface area contributed by atoms with Crippen molar-refractivity contribution < 1.29 is 9.18 Å². The van der Waals surface area contributed by atoms with Crippen molar-refractivity contribution in [3.8, 4) is 0 Å². The molecule has 144 valence electrons. The molecule has 4 nitrogen and oxygen atoms in total. The summed E-state index contributed by atoms with van der Waals surface area (Å²) >= 11 is 1.65. The third-order valence-electron chi connectivity index (χ3n) is 5.12. The van der Waals surface area contributed by atoms with E-state index in [1.54, 1.807) is 29.7 Å². The predicted octanol–water partition coefficient (Wildman–Crippen LogP) is 3.96. The summed E-state index contributed by atoms with van der Waals surface area (Å²) in [6, 6.07) is 16.3. The minimum absolute atomic E-state index is 0.112. The lowest BCUT2D eigenvalue weighted by Gasteiger charge is -2.37. The van der Waals surface area contributed by atoms with Gasteiger partial charge in [0.1, 0.15) is 11.6 Å². The quantitative estimate of drug-likeness (QED) is 0.656. The second-order valence-electron chi connectivity index (χ2n) is 6.89. The standard InChI is InChI=1S/C22H22FN3OS/c23-18-8-6-17(7-9-18)20(16-19-4-3-15-28-19)22(27)26-13-11-25(12-14-26)21-5-1-2-10-24-21/h1-10,15,20H,11-14,16H2. The van der Waals surface area contributed by atoms with Crippen LogP contribution in [-0.4, -0.2) is 42.0 Å². The van der Waals surface area contributed by atoms with Crippen molar-refractivity contribution in [1.29, 1.82) is 0 Å². The van der Waals surface area contributed by atoms with Crippen molar-refractivity contribution in [3.63, 3.8) is 0 Å². The Morgan fingerprint density at radius 3 is 2.46 bits per heavy atom. The maximum absolute atomic E-state index is 13.4. The number of benzene rings is 1. The number of piperazine rings is 1. The smallest absolute Gasteiger partial charge is 0.230 e. The highest BCUT2D eigenvalue weighted by molar-refractivity contribution is 7.09. The summed E-state index contributed by atoms with van der Waals surface area (Å²) in [6.45, 7) is 2.85. The van der Waals surface area contributed by atoms with Gasteiger partial charge >= 0.3 is 0 Å². The summed E-state index contributed by atoms with van der Waals surface area (Å²) in [5, 5.41) is 2.02. The number of hydrogen-bond donors (Lipinski definition) is 0. The molecule has 28 heavy (non-hydrogen) atoms. The maximum atomic E-state index is 13.4. The highest BCUT2D eigenvalue weighted by Crippen LogP contribution is 2.27. The van der Waals surface area contributed by atoms with Gasteiger partial charge < -0.3 is 9.80 Å². The molecular weight excluding hydrogens is 373 g/mol. The van der Waals surface area contributed by atoms with Gasteiger partial charge in [-0.1, -0.05) is 24.3 Å². The van der Waals surface area contributed by atoms with Gasteiger partial charge in [0.25, 0.3) is 0 Å². The molecule has 1 aliphatic rings. The molecule has 0 aliphatic carbocycles. The van der Waals surface area contributed by atoms with Gasteiger partial charge in [0.05, 0.1) is 5.92 Å². The first-order valence-electron chi connectivity index (χ1n) is 9.43. The minimum atomic E-state index is -0.291. The zero-order valence-electron chi connectivity index (χ0n) is 15.5. The van der Waals surface area contributed by atoms with E-state index in [1.165, 1.54) is 12.1 Å². The molecule has 4 rings (SSSR count). The Morgan fingerprint density at radius 1 is 1.04 bits per heavy atom. The molecule has 0 bridgehead atoms. The van der Waals surface area contributed by atoms with Crippen LogP contribution in [0.1, 0.15) is 16.4 Å². The third-order valence-corrected chi connectivity index (χ3v) is 6.02. The van der Waals surface area contributed by atoms with Gasteiger partial charge in [-0.2, -0.15) is 0 Å². The summed E-state index contributed by atoms with van der Waals surface area (Å²) in [7, 11) is 0. The van der Waals surface area contributed by atoms with Crippen molar-refractivity contribution in [2.45, 2.75) is 12.3 Å². The van der Waals surface area contributed by atoms with E-state index in [-0.39, 0.29) is 17.6 Å². The average Bonchev–Trinajstić information content (AvgIpc) is 3.26. The number of carbonyl (C=O) groups excluding carboxylic acids is 1. The Kier molecular flexibility index (Phi) is 5.67. The number of rotatable bonds is 5. The predicted molar refractivity (Wildman–Crippen MR) is 110 cm³/mol. The van der Waals surface area contributed by atoms with E-state index in [2.05, 4.69) is 9.88 Å². The van der Waals surface area contributed by atoms with Crippen LogP contribution in [0.5, 0.6) is 0 Å². The number of thiophene rings is 1. The van der Waals surface area contributed by atoms with Crippen molar-refractivity contribution in [2.24, 2.45) is 0 Å². The fraction of sp³-hybridized carbons (Fsp3) is 0.273. The number of halogens is 1. The fourth-order valence-corrected chi connectivity index (χ4v) is 4.34. The zero-order chi connectivity index (χ0) is 19.3. The average molecular weight is 396 g/mol. The molecule has 1 saturated heterocycles. The molecule has 0 radical (unpaired) electrons. The number of nitrogens with zero attached hydrogens (tertiary/aromatic N) is 3. The SMILES string of the molecule is O=C(C(Cc1cccs1)c1ccc(F)cc1)N1CCN(c2ccccn2)CC1. The molecule has 1 aromatic carbocycles. The molecule has 1 fully saturated rings. The number of amides is 1. The van der Waals surface area contributed by atoms with E-state index in [0.717, 1.165) is 29.3 Å². The molecule has 0 N–H and O–H groups in total. The fourth-order valence-electron chi connectivity index (χ4n) is 3.59. The molecule has 1 atom stereocenters. The number of anilines is 1. The monoisotopic (exact) mass is 395 g/mol. The minimum Gasteiger partial charge on any atom is -0.353 e. The summed E-state index contributed by atoms with van der Waals surface area (Å²) in [4.78, 5) is 23.1. The van der Waals surface area contributed by atoms with Crippen LogP contribution in [0.4, 0.5) is 10.2 Å². The largest absolute Gasteiger partial charge is 0.353 e. The van der Waals surface area contributed by atoms with Crippen LogP contribution >= 0.6 is 11.3 Å². The molecule has 1 amide bonds. The molecular formula is C22H22FN3OS. The molecule has 6 heteroatoms. The van der Waals surface area contributed by atoms with Crippen LogP contribution in [-0.2, 0) is 11.2 Å². The number of pyridine rings is 1. The second-order valence-corrected chi connectivity index (χ2v) is 7.92. The number of carbonyl (C=O) groups is 1. The lowest BCUT2D eigenvalue weighted by atomic mass is 9.93. The van der Waals surface area contributed by atoms with Gasteiger partial charge in [-0.15, -0.1) is 11.3 Å². The van der Waals surface area contributed by atoms with Gasteiger partial charge in [-0.25, -0.2) is 9.37 Å². The van der Waals surface area contributed by atoms with Gasteiger partial charge in [0.2, 0.25) is 5.91 Å². The first-order chi connectivity index (χ1) is 13.7. The number of hydrogen-bond acceptors (Lipinski definition) is 4. The molecule has 0 spiro atoms. The van der Waals surface area contributed by atoms with Crippen LogP contribution in [0.25, 0.3) is 0 Å². The second kappa shape index (κ2) is 8.52. The highest BCUT2D eigenvalue weighted by Gasteiger charge is 2.29. The van der Waals surface area contributed by atoms with Crippen molar-refractivity contribution in [3.05, 3.63) is 82.4 Å². The molecule has 3 heterocycles. The summed E-state index contributed by atoms with van der Waals surface area (Å²) in [6.07, 6.45) is 2.43. The Hall–Kier alpha value is -2.73. The van der Waals surface area contributed by atoms with E-state index >= 15 is 0 Å². The van der Waals surface area contributed by atoms with E-state index in [1.807, 2.05) is 40.6 Å². The number of aromatic nitrogens is 1. The van der Waals surface area contributed by atoms with Crippen LogP contribution in [0, 0.1) is 5.82 Å². The van der Waals surface area contributed by atoms with Crippen molar-refractivity contribution >= 4 is 23.1 Å². The first kappa shape index (κ1) is 18.6. The lowest BCUT2D eigenvalue weighted by Crippen LogP contribution is -2.50. The summed E-state index contributed by atoms with van der Waals surface area (Å²) in [5.74, 6) is 0.486. The highest BCUT2D eigenvalue weighted by atomic mass is 32.1. The van der Waals surface area contributed by atoms with Crippen molar-refractivity contribution in [1.82, 2.24) is 9.88 Å². The molecule has 3 aromatic rings. The van der Waals surface area contributed by atoms with Gasteiger partial charge in [-0.3, -0.25) is 4.79 Å². The van der Waals surface area contributed by atoms with Gasteiger partial charge in [0, 0.05) is 37.3 Å². The van der Waals surface area contributed by atoms with E-state index in [4.69, 9.17) is 0 Å². The Bertz CT molecular complexity index is 891. The van der Waals surface area contributed by atoms with Gasteiger partial charge in [-0.05, 0) is 47.7 Å². The maximum Gasteiger partial charge on any atom is 0.230 e. The van der Waals surface area contributed by atoms with E-state index < -0.39 is 0 Å². The van der Waals surface area contributed by atoms with Gasteiger partial charge in [0.15, 0.2) is 0 Å². The lowest BCUT2D eigenvalue weighted by molar-refractivity contribution is -0.133. The van der Waals surface area contributed by atoms with E-state index in [9.17, 15) is 9.18 Å². The topological polar surface area (TPSA) is 36.4 Å². The Morgan fingerprint density at radius 2 is 1.82 bits per heavy atom. The molecule has 1 unspecified atom stereocenters. The summed E-state index contributed by atoms with van der Waals surface area (Å²) < 4.78 is 13.4. The Labute approximate surface area is 168 Å². The van der Waals surface area contributed by atoms with E-state index in [0.29, 0.717) is 19.5 Å². The summed E-state index contributed by atoms with van der Waals surface area (Å²) in [5.41, 5.74) is 0.868. The molecule has 0 saturated carbocycles. The van der Waals surface area contributed by atoms with Crippen LogP contribution < -0.4 is 4.90 Å². The van der Waals surface area contributed by atoms with Crippen molar-refractivity contribution in [2.75, 3.05) is 31.1 Å². The van der Waals surface area contributed by atoms with Crippen LogP contribution in [0.15, 0.2) is 66.2 Å². The normalized spacial score (nSPS) is 15.5. The Balaban J connectivity index is 1.48. The van der Waals surface area contributed by atoms with Crippen LogP contribution in [0.3, 0.4) is 0 Å². The van der Waals surface area contributed by atoms with Crippen LogP contribution in [0.2, 0.25) is 0 Å². The first-order valence-corrected chi connectivity index (χ1v) is 10.3.